The van der Waals surface area contributed by atoms with Gasteiger partial charge in [0.2, 0.25) is 5.91 Å². The third-order valence-electron chi connectivity index (χ3n) is 3.65. The van der Waals surface area contributed by atoms with Crippen LogP contribution in [-0.4, -0.2) is 37.0 Å². The molecule has 0 fully saturated rings. The smallest absolute Gasteiger partial charge is 0.243 e. The van der Waals surface area contributed by atoms with Crippen LogP contribution in [0.15, 0.2) is 17.1 Å². The Morgan fingerprint density at radius 1 is 1.18 bits per heavy atom. The van der Waals surface area contributed by atoms with Crippen LogP contribution in [0.25, 0.3) is 0 Å². The molecule has 2 rings (SSSR count). The first-order valence-electron chi connectivity index (χ1n) is 8.12. The Bertz CT molecular complexity index is 840. The van der Waals surface area contributed by atoms with Crippen molar-refractivity contribution >= 4 is 52.9 Å². The van der Waals surface area contributed by atoms with E-state index >= 15 is 0 Å². The Labute approximate surface area is 182 Å². The zero-order valence-electron chi connectivity index (χ0n) is 15.5. The van der Waals surface area contributed by atoms with Crippen LogP contribution in [-0.2, 0) is 11.2 Å². The van der Waals surface area contributed by atoms with Crippen LogP contribution in [0.5, 0.6) is 0 Å². The first-order chi connectivity index (χ1) is 12.8. The van der Waals surface area contributed by atoms with Crippen LogP contribution in [0.1, 0.15) is 15.6 Å². The second-order valence-electron chi connectivity index (χ2n) is 5.62. The summed E-state index contributed by atoms with van der Waals surface area (Å²) in [6.07, 6.45) is 0.701. The minimum Gasteiger partial charge on any atom is -0.356 e. The molecule has 154 valence electrons. The van der Waals surface area contributed by atoms with E-state index in [1.54, 1.807) is 18.4 Å². The summed E-state index contributed by atoms with van der Waals surface area (Å²) in [5.74, 6) is -4.65. The van der Waals surface area contributed by atoms with Gasteiger partial charge in [0.05, 0.1) is 22.9 Å². The number of carbonyl (C=O) groups excluding carboxylic acids is 1. The number of guanidine groups is 1. The number of nitrogens with one attached hydrogen (secondary N) is 3. The summed E-state index contributed by atoms with van der Waals surface area (Å²) in [6.45, 7) is 4.30. The highest BCUT2D eigenvalue weighted by atomic mass is 127. The average Bonchev–Trinajstić information content (AvgIpc) is 2.96. The van der Waals surface area contributed by atoms with Crippen molar-refractivity contribution in [1.82, 2.24) is 15.6 Å². The van der Waals surface area contributed by atoms with Gasteiger partial charge in [0, 0.05) is 24.9 Å². The van der Waals surface area contributed by atoms with Crippen LogP contribution in [0.3, 0.4) is 0 Å². The molecule has 0 aliphatic carbocycles. The van der Waals surface area contributed by atoms with Crippen molar-refractivity contribution in [1.29, 1.82) is 0 Å². The number of rotatable bonds is 6. The lowest BCUT2D eigenvalue weighted by molar-refractivity contribution is -0.115. The van der Waals surface area contributed by atoms with E-state index in [1.807, 2.05) is 13.8 Å². The number of hydrogen-bond donors (Lipinski definition) is 3. The monoisotopic (exact) mass is 527 g/mol. The van der Waals surface area contributed by atoms with E-state index in [0.29, 0.717) is 18.9 Å². The summed E-state index contributed by atoms with van der Waals surface area (Å²) < 4.78 is 39.6. The van der Waals surface area contributed by atoms with Crippen molar-refractivity contribution in [2.75, 3.05) is 25.5 Å². The zero-order valence-corrected chi connectivity index (χ0v) is 18.7. The molecule has 2 aromatic rings. The molecule has 1 aromatic heterocycles. The molecule has 11 heteroatoms. The summed E-state index contributed by atoms with van der Waals surface area (Å²) in [6, 6.07) is 1.70. The highest BCUT2D eigenvalue weighted by molar-refractivity contribution is 14.0. The van der Waals surface area contributed by atoms with Crippen molar-refractivity contribution < 1.29 is 18.0 Å². The highest BCUT2D eigenvalue weighted by Crippen LogP contribution is 2.19. The molecule has 3 N–H and O–H groups in total. The summed E-state index contributed by atoms with van der Waals surface area (Å²) >= 11 is 1.63. The summed E-state index contributed by atoms with van der Waals surface area (Å²) in [5.41, 5.74) is 0.580. The third kappa shape index (κ3) is 6.62. The minimum atomic E-state index is -1.63. The molecule has 0 spiro atoms. The molecule has 0 saturated carbocycles. The van der Waals surface area contributed by atoms with Crippen LogP contribution >= 0.6 is 35.3 Å². The van der Waals surface area contributed by atoms with Crippen LogP contribution in [0, 0.1) is 31.3 Å². The molecule has 0 bridgehead atoms. The van der Waals surface area contributed by atoms with Gasteiger partial charge in [-0.15, -0.1) is 35.3 Å². The van der Waals surface area contributed by atoms with Gasteiger partial charge in [-0.3, -0.25) is 9.79 Å². The molecule has 0 saturated heterocycles. The van der Waals surface area contributed by atoms with Gasteiger partial charge in [0.1, 0.15) is 0 Å². The molecular weight excluding hydrogens is 506 g/mol. The van der Waals surface area contributed by atoms with E-state index in [-0.39, 0.29) is 30.5 Å². The van der Waals surface area contributed by atoms with E-state index in [4.69, 9.17) is 0 Å². The van der Waals surface area contributed by atoms with Gasteiger partial charge in [-0.05, 0) is 26.0 Å². The number of benzene rings is 1. The van der Waals surface area contributed by atoms with E-state index < -0.39 is 29.0 Å². The lowest BCUT2D eigenvalue weighted by Gasteiger charge is -2.12. The number of nitrogens with zero attached hydrogens (tertiary/aromatic N) is 2. The number of amides is 1. The fourth-order valence-electron chi connectivity index (χ4n) is 2.14. The maximum Gasteiger partial charge on any atom is 0.243 e. The number of hydrogen-bond acceptors (Lipinski definition) is 4. The molecule has 0 radical (unpaired) electrons. The van der Waals surface area contributed by atoms with Crippen molar-refractivity contribution in [2.45, 2.75) is 20.3 Å². The van der Waals surface area contributed by atoms with Crippen molar-refractivity contribution in [3.05, 3.63) is 45.2 Å². The molecule has 0 aliphatic heterocycles. The number of aromatic nitrogens is 1. The molecular formula is C17H21F3IN5OS. The predicted octanol–water partition coefficient (Wildman–Crippen LogP) is 3.14. The molecule has 0 aliphatic rings. The Hall–Kier alpha value is -1.89. The second-order valence-corrected chi connectivity index (χ2v) is 6.91. The topological polar surface area (TPSA) is 78.4 Å². The first-order valence-corrected chi connectivity index (χ1v) is 8.94. The van der Waals surface area contributed by atoms with Gasteiger partial charge in [0.25, 0.3) is 0 Å². The van der Waals surface area contributed by atoms with E-state index in [2.05, 4.69) is 25.9 Å². The van der Waals surface area contributed by atoms with Crippen LogP contribution in [0.4, 0.5) is 18.9 Å². The normalized spacial score (nSPS) is 11.0. The van der Waals surface area contributed by atoms with E-state index in [9.17, 15) is 18.0 Å². The van der Waals surface area contributed by atoms with Gasteiger partial charge < -0.3 is 16.0 Å². The summed E-state index contributed by atoms with van der Waals surface area (Å²) in [7, 11) is 1.54. The second kappa shape index (κ2) is 11.2. The maximum absolute atomic E-state index is 13.6. The Balaban J connectivity index is 0.00000392. The number of aryl methyl sites for hydroxylation is 2. The van der Waals surface area contributed by atoms with Gasteiger partial charge in [0.15, 0.2) is 23.4 Å². The number of thiazole rings is 1. The Kier molecular flexibility index (Phi) is 9.65. The van der Waals surface area contributed by atoms with Crippen LogP contribution < -0.4 is 16.0 Å². The average molecular weight is 527 g/mol. The number of halogens is 4. The number of aliphatic imine (C=N–C) groups is 1. The van der Waals surface area contributed by atoms with E-state index in [0.717, 1.165) is 22.8 Å². The predicted molar refractivity (Wildman–Crippen MR) is 115 cm³/mol. The molecule has 1 heterocycles. The Morgan fingerprint density at radius 3 is 2.50 bits per heavy atom. The lowest BCUT2D eigenvalue weighted by atomic mass is 10.2. The fraction of sp³-hybridized carbons (Fsp3) is 0.353. The molecule has 1 amide bonds. The molecule has 6 nitrogen and oxygen atoms in total. The quantitative estimate of drug-likeness (QED) is 0.234. The lowest BCUT2D eigenvalue weighted by Crippen LogP contribution is -2.42. The fourth-order valence-corrected chi connectivity index (χ4v) is 3.07. The zero-order chi connectivity index (χ0) is 20.0. The largest absolute Gasteiger partial charge is 0.356 e. The molecule has 0 atom stereocenters. The summed E-state index contributed by atoms with van der Waals surface area (Å²) in [5, 5.41) is 8.97. The van der Waals surface area contributed by atoms with Gasteiger partial charge in [-0.25, -0.2) is 18.2 Å². The standard InChI is InChI=1S/C17H20F3N5OS.HI/c1-9-10(2)27-14(24-9)6-7-22-17(21-3)23-8-13(26)25-12-5-4-11(18)15(19)16(12)20;/h4-5H,6-8H2,1-3H3,(H,25,26)(H2,21,22,23);1H. The summed E-state index contributed by atoms with van der Waals surface area (Å²) in [4.78, 5) is 21.5. The Morgan fingerprint density at radius 2 is 1.89 bits per heavy atom. The van der Waals surface area contributed by atoms with Crippen molar-refractivity contribution in [3.63, 3.8) is 0 Å². The molecule has 1 aromatic carbocycles. The van der Waals surface area contributed by atoms with Crippen molar-refractivity contribution in [2.24, 2.45) is 4.99 Å². The van der Waals surface area contributed by atoms with Crippen LogP contribution in [0.2, 0.25) is 0 Å². The van der Waals surface area contributed by atoms with Gasteiger partial charge in [-0.2, -0.15) is 0 Å². The molecule has 0 unspecified atom stereocenters. The van der Waals surface area contributed by atoms with Crippen molar-refractivity contribution in [3.8, 4) is 0 Å². The van der Waals surface area contributed by atoms with Gasteiger partial charge in [-0.1, -0.05) is 0 Å². The number of anilines is 1. The first kappa shape index (κ1) is 24.1. The van der Waals surface area contributed by atoms with Gasteiger partial charge >= 0.3 is 0 Å². The highest BCUT2D eigenvalue weighted by Gasteiger charge is 2.15. The molecule has 28 heavy (non-hydrogen) atoms. The number of carbonyl (C=O) groups is 1. The third-order valence-corrected chi connectivity index (χ3v) is 4.79. The SMILES string of the molecule is CN=C(NCCc1nc(C)c(C)s1)NCC(=O)Nc1ccc(F)c(F)c1F.I. The van der Waals surface area contributed by atoms with E-state index in [1.165, 1.54) is 4.88 Å². The maximum atomic E-state index is 13.6. The minimum absolute atomic E-state index is 0.